The molecule has 9 heteroatoms. The summed E-state index contributed by atoms with van der Waals surface area (Å²) in [6.45, 7) is 14.7. The molecule has 0 bridgehead atoms. The van der Waals surface area contributed by atoms with Crippen LogP contribution in [0.4, 0.5) is 0 Å². The van der Waals surface area contributed by atoms with E-state index in [1.54, 1.807) is 0 Å². The summed E-state index contributed by atoms with van der Waals surface area (Å²) in [5.74, 6) is 0.897. The number of aliphatic hydroxyl groups excluding tert-OH is 2. The molecule has 2 aliphatic rings. The number of hydrogen-bond donors (Lipinski definition) is 5. The van der Waals surface area contributed by atoms with Crippen molar-refractivity contribution in [2.45, 2.75) is 104 Å². The number of carboxylic acids is 1. The predicted molar refractivity (Wildman–Crippen MR) is 292 cm³/mol. The molecule has 2 saturated heterocycles. The van der Waals surface area contributed by atoms with Gasteiger partial charge in [0.05, 0.1) is 32.0 Å². The van der Waals surface area contributed by atoms with Crippen molar-refractivity contribution in [1.82, 2.24) is 0 Å². The Morgan fingerprint density at radius 1 is 0.493 bits per heavy atom. The Hall–Kier alpha value is -5.78. The van der Waals surface area contributed by atoms with E-state index in [4.69, 9.17) is 36.3 Å². The lowest BCUT2D eigenvalue weighted by Crippen LogP contribution is -2.32. The van der Waals surface area contributed by atoms with Crippen molar-refractivity contribution < 1.29 is 34.4 Å². The van der Waals surface area contributed by atoms with Gasteiger partial charge in [0.15, 0.2) is 0 Å². The number of carboxylic acid groups (broad SMARTS) is 1. The van der Waals surface area contributed by atoms with Gasteiger partial charge in [0, 0.05) is 18.6 Å². The Morgan fingerprint density at radius 2 is 0.775 bits per heavy atom. The molecule has 0 aliphatic carbocycles. The molecule has 71 heavy (non-hydrogen) atoms. The van der Waals surface area contributed by atoms with Crippen LogP contribution in [-0.2, 0) is 57.6 Å². The zero-order valence-electron chi connectivity index (χ0n) is 43.2. The van der Waals surface area contributed by atoms with Crippen LogP contribution in [0.15, 0.2) is 182 Å². The van der Waals surface area contributed by atoms with Gasteiger partial charge in [0.1, 0.15) is 12.3 Å². The predicted octanol–water partition coefficient (Wildman–Crippen LogP) is 10.7. The van der Waals surface area contributed by atoms with Crippen molar-refractivity contribution in [2.24, 2.45) is 35.1 Å². The van der Waals surface area contributed by atoms with Crippen LogP contribution in [0.5, 0.6) is 0 Å². The first-order valence-electron chi connectivity index (χ1n) is 25.3. The number of rotatable bonds is 18. The maximum Gasteiger partial charge on any atom is 0.320 e. The van der Waals surface area contributed by atoms with Crippen LogP contribution in [0, 0.1) is 23.7 Å². The Kier molecular flexibility index (Phi) is 32.8. The number of nitrogens with two attached hydrogens (primary N) is 2. The first kappa shape index (κ1) is 61.3. The Morgan fingerprint density at radius 3 is 1.04 bits per heavy atom. The summed E-state index contributed by atoms with van der Waals surface area (Å²) in [6, 6.07) is 59.8. The second kappa shape index (κ2) is 38.0. The van der Waals surface area contributed by atoms with Crippen LogP contribution in [0.3, 0.4) is 0 Å². The van der Waals surface area contributed by atoms with Crippen molar-refractivity contribution in [2.75, 3.05) is 26.4 Å². The molecular formula is C62H84N2O7. The van der Waals surface area contributed by atoms with Crippen molar-refractivity contribution in [3.63, 3.8) is 0 Å². The molecular weight excluding hydrogens is 885 g/mol. The first-order valence-corrected chi connectivity index (χ1v) is 25.3. The second-order valence-electron chi connectivity index (χ2n) is 18.1. The zero-order valence-corrected chi connectivity index (χ0v) is 43.2. The van der Waals surface area contributed by atoms with Crippen molar-refractivity contribution >= 4 is 12.3 Å². The number of aliphatic carboxylic acids is 1. The molecule has 8 rings (SSSR count). The van der Waals surface area contributed by atoms with E-state index in [0.717, 1.165) is 57.2 Å². The zero-order chi connectivity index (χ0) is 52.1. The van der Waals surface area contributed by atoms with Crippen LogP contribution in [0.1, 0.15) is 74.9 Å². The van der Waals surface area contributed by atoms with Gasteiger partial charge in [0.25, 0.3) is 0 Å². The minimum atomic E-state index is -0.959. The summed E-state index contributed by atoms with van der Waals surface area (Å²) < 4.78 is 10.5. The molecule has 0 radical (unpaired) electrons. The minimum Gasteiger partial charge on any atom is -0.480 e. The molecule has 9 nitrogen and oxygen atoms in total. The Balaban J connectivity index is 0.000000290. The van der Waals surface area contributed by atoms with E-state index < -0.39 is 12.0 Å². The number of hydrogen-bond acceptors (Lipinski definition) is 8. The third-order valence-corrected chi connectivity index (χ3v) is 11.4. The monoisotopic (exact) mass is 969 g/mol. The number of aldehydes is 1. The van der Waals surface area contributed by atoms with Gasteiger partial charge in [-0.3, -0.25) is 4.79 Å². The molecule has 8 atom stereocenters. The summed E-state index contributed by atoms with van der Waals surface area (Å²) in [4.78, 5) is 20.7. The maximum atomic E-state index is 10.4. The average Bonchev–Trinajstić information content (AvgIpc) is 4.35. The molecule has 384 valence electrons. The lowest BCUT2D eigenvalue weighted by Gasteiger charge is -2.06. The average molecular weight is 969 g/mol. The quantitative estimate of drug-likeness (QED) is 0.0415. The van der Waals surface area contributed by atoms with E-state index in [0.29, 0.717) is 36.4 Å². The molecule has 2 heterocycles. The Bertz CT molecular complexity index is 2060. The Labute approximate surface area is 426 Å². The molecule has 0 amide bonds. The molecule has 2 fully saturated rings. The summed E-state index contributed by atoms with van der Waals surface area (Å²) in [7, 11) is 0. The van der Waals surface area contributed by atoms with Gasteiger partial charge in [0.2, 0.25) is 0 Å². The largest absolute Gasteiger partial charge is 0.480 e. The highest BCUT2D eigenvalue weighted by Crippen LogP contribution is 2.24. The van der Waals surface area contributed by atoms with Gasteiger partial charge < -0.3 is 41.1 Å². The smallest absolute Gasteiger partial charge is 0.320 e. The highest BCUT2D eigenvalue weighted by atomic mass is 16.6. The fourth-order valence-electron chi connectivity index (χ4n) is 7.05. The fourth-order valence-corrected chi connectivity index (χ4v) is 7.05. The van der Waals surface area contributed by atoms with Crippen molar-refractivity contribution in [3.05, 3.63) is 215 Å². The normalized spacial score (nSPS) is 16.1. The van der Waals surface area contributed by atoms with Crippen molar-refractivity contribution in [1.29, 1.82) is 0 Å². The SMILES string of the molecule is CC.C[C@@H](Cc1ccccc1)[C@@H]1CO1.C[C@@H](Cc1ccccc1)[C@H]1CO1.C[C@H](C=O)Cc1ccccc1.C[C@H](CO)Cc1ccccc1.N[C@@H](Cc1ccccc1)C(=O)O.N[C@H](CO)Cc1ccccc1. The number of ether oxygens (including phenoxy) is 2. The fraction of sp³-hybridized carbons (Fsp3) is 0.387. The molecule has 0 unspecified atom stereocenters. The van der Waals surface area contributed by atoms with E-state index in [9.17, 15) is 9.59 Å². The standard InChI is InChI=1S/2C11H14O.C10H14O.C10H12O.C9H11NO2.C9H13NO.C2H6/c2*1-9(11-8-12-11)7-10-5-3-2-4-6-10;2*1-9(8-11)7-10-5-3-2-4-6-10;10-8(9(11)12)6-7-4-2-1-3-5-7;10-9(7-11)6-8-4-2-1-3-5-8;1-2/h2*2-6,9,11H,7-8H2,1H3;2-6,9,11H,7-8H2,1H3;2-6,8-9H,7H2,1H3;1-5,8H,6,10H2,(H,11,12);1-5,9,11H,6-7,10H2;1-2H3/t9-,11+;9-,11-;2*9-;8-;9-;/m000000./s1. The number of carbonyl (C=O) groups excluding carboxylic acids is 1. The van der Waals surface area contributed by atoms with Gasteiger partial charge in [-0.25, -0.2) is 0 Å². The summed E-state index contributed by atoms with van der Waals surface area (Å²) in [5.41, 5.74) is 18.4. The topological polar surface area (TPSA) is 172 Å². The van der Waals surface area contributed by atoms with Crippen LogP contribution < -0.4 is 11.5 Å². The maximum absolute atomic E-state index is 10.4. The molecule has 7 N–H and O–H groups in total. The van der Waals surface area contributed by atoms with E-state index in [2.05, 4.69) is 86.6 Å². The lowest BCUT2D eigenvalue weighted by molar-refractivity contribution is -0.138. The van der Waals surface area contributed by atoms with Crippen LogP contribution in [-0.4, -0.2) is 78.3 Å². The van der Waals surface area contributed by atoms with Crippen LogP contribution in [0.25, 0.3) is 0 Å². The molecule has 0 aromatic heterocycles. The lowest BCUT2D eigenvalue weighted by atomic mass is 9.99. The van der Waals surface area contributed by atoms with Gasteiger partial charge in [-0.2, -0.15) is 0 Å². The molecule has 0 saturated carbocycles. The third-order valence-electron chi connectivity index (χ3n) is 11.4. The van der Waals surface area contributed by atoms with E-state index in [1.165, 1.54) is 27.8 Å². The van der Waals surface area contributed by atoms with Gasteiger partial charge in [-0.1, -0.05) is 224 Å². The number of carbonyl (C=O) groups is 2. The number of aliphatic hydroxyl groups is 2. The van der Waals surface area contributed by atoms with Crippen LogP contribution >= 0.6 is 0 Å². The molecule has 0 spiro atoms. The summed E-state index contributed by atoms with van der Waals surface area (Å²) in [6.07, 6.45) is 7.30. The highest BCUT2D eigenvalue weighted by Gasteiger charge is 2.29. The number of epoxide rings is 2. The van der Waals surface area contributed by atoms with Crippen molar-refractivity contribution in [3.8, 4) is 0 Å². The molecule has 6 aromatic rings. The van der Waals surface area contributed by atoms with Crippen LogP contribution in [0.2, 0.25) is 0 Å². The molecule has 2 aliphatic heterocycles. The summed E-state index contributed by atoms with van der Waals surface area (Å²) in [5, 5.41) is 26.0. The van der Waals surface area contributed by atoms with E-state index in [-0.39, 0.29) is 25.2 Å². The van der Waals surface area contributed by atoms with Gasteiger partial charge in [-0.15, -0.1) is 0 Å². The van der Waals surface area contributed by atoms with Gasteiger partial charge >= 0.3 is 5.97 Å². The van der Waals surface area contributed by atoms with E-state index >= 15 is 0 Å². The second-order valence-corrected chi connectivity index (χ2v) is 18.1. The summed E-state index contributed by atoms with van der Waals surface area (Å²) >= 11 is 0. The van der Waals surface area contributed by atoms with E-state index in [1.807, 2.05) is 137 Å². The van der Waals surface area contributed by atoms with Gasteiger partial charge in [-0.05, 0) is 89.7 Å². The first-order chi connectivity index (χ1) is 34.4. The highest BCUT2D eigenvalue weighted by molar-refractivity contribution is 5.73. The third kappa shape index (κ3) is 30.5. The molecule has 6 aromatic carbocycles. The number of benzene rings is 6. The minimum absolute atomic E-state index is 0.0505.